The molecular formula is C11H18N4O4. The van der Waals surface area contributed by atoms with Crippen LogP contribution in [0.1, 0.15) is 32.9 Å². The lowest BCUT2D eigenvalue weighted by Crippen LogP contribution is -2.40. The number of rotatable bonds is 6. The molecule has 0 amide bonds. The number of carbonyl (C=O) groups is 1. The highest BCUT2D eigenvalue weighted by Crippen LogP contribution is 2.31. The van der Waals surface area contributed by atoms with Gasteiger partial charge in [0.05, 0.1) is 4.92 Å². The second-order valence-electron chi connectivity index (χ2n) is 4.83. The van der Waals surface area contributed by atoms with E-state index in [9.17, 15) is 14.9 Å². The third kappa shape index (κ3) is 3.01. The van der Waals surface area contributed by atoms with Crippen molar-refractivity contribution >= 4 is 17.5 Å². The van der Waals surface area contributed by atoms with Crippen LogP contribution in [0.5, 0.6) is 0 Å². The van der Waals surface area contributed by atoms with E-state index in [4.69, 9.17) is 5.11 Å². The summed E-state index contributed by atoms with van der Waals surface area (Å²) < 4.78 is 1.31. The molecule has 2 N–H and O–H groups in total. The van der Waals surface area contributed by atoms with Crippen LogP contribution < -0.4 is 5.32 Å². The number of anilines is 1. The van der Waals surface area contributed by atoms with Crippen LogP contribution in [-0.4, -0.2) is 31.3 Å². The van der Waals surface area contributed by atoms with Gasteiger partial charge in [0, 0.05) is 7.05 Å². The number of carboxylic acids is 1. The number of aryl methyl sites for hydroxylation is 2. The molecule has 106 valence electrons. The van der Waals surface area contributed by atoms with Crippen molar-refractivity contribution in [1.82, 2.24) is 9.78 Å². The molecule has 0 unspecified atom stereocenters. The Balaban J connectivity index is 3.27. The molecule has 1 aromatic rings. The Bertz CT molecular complexity index is 507. The van der Waals surface area contributed by atoms with Crippen molar-refractivity contribution in [3.63, 3.8) is 0 Å². The number of hydrogen-bond acceptors (Lipinski definition) is 5. The van der Waals surface area contributed by atoms with E-state index in [1.165, 1.54) is 18.5 Å². The van der Waals surface area contributed by atoms with Gasteiger partial charge in [-0.3, -0.25) is 10.1 Å². The van der Waals surface area contributed by atoms with Crippen molar-refractivity contribution in [1.29, 1.82) is 0 Å². The van der Waals surface area contributed by atoms with Gasteiger partial charge in [0.2, 0.25) is 5.82 Å². The molecule has 0 aliphatic rings. The first-order valence-electron chi connectivity index (χ1n) is 5.92. The molecule has 0 radical (unpaired) electrons. The van der Waals surface area contributed by atoms with Crippen LogP contribution in [0.2, 0.25) is 0 Å². The molecule has 0 bridgehead atoms. The van der Waals surface area contributed by atoms with Crippen molar-refractivity contribution < 1.29 is 14.8 Å². The van der Waals surface area contributed by atoms with Crippen LogP contribution >= 0.6 is 0 Å². The average Bonchev–Trinajstić information content (AvgIpc) is 2.55. The van der Waals surface area contributed by atoms with Gasteiger partial charge >= 0.3 is 11.7 Å². The largest absolute Gasteiger partial charge is 0.480 e. The number of aromatic nitrogens is 2. The molecule has 0 aliphatic carbocycles. The van der Waals surface area contributed by atoms with E-state index in [0.717, 1.165) is 6.42 Å². The highest BCUT2D eigenvalue weighted by molar-refractivity contribution is 5.82. The van der Waals surface area contributed by atoms with Crippen LogP contribution in [-0.2, 0) is 18.3 Å². The molecule has 0 saturated carbocycles. The molecule has 1 rings (SSSR count). The summed E-state index contributed by atoms with van der Waals surface area (Å²) in [6, 6.07) is 0. The van der Waals surface area contributed by atoms with Gasteiger partial charge in [-0.05, 0) is 20.3 Å². The monoisotopic (exact) mass is 270 g/mol. The molecule has 8 nitrogen and oxygen atoms in total. The minimum Gasteiger partial charge on any atom is -0.480 e. The van der Waals surface area contributed by atoms with Crippen molar-refractivity contribution in [2.75, 3.05) is 5.32 Å². The van der Waals surface area contributed by atoms with Gasteiger partial charge in [0.25, 0.3) is 0 Å². The summed E-state index contributed by atoms with van der Waals surface area (Å²) in [6.45, 7) is 4.77. The van der Waals surface area contributed by atoms with Crippen LogP contribution in [0.3, 0.4) is 0 Å². The minimum atomic E-state index is -1.32. The highest BCUT2D eigenvalue weighted by Gasteiger charge is 2.34. The maximum atomic E-state index is 11.2. The smallest absolute Gasteiger partial charge is 0.334 e. The zero-order valence-corrected chi connectivity index (χ0v) is 11.4. The molecular weight excluding hydrogens is 252 g/mol. The summed E-state index contributed by atoms with van der Waals surface area (Å²) >= 11 is 0. The fraction of sp³-hybridized carbons (Fsp3) is 0.636. The Kier molecular flexibility index (Phi) is 4.13. The van der Waals surface area contributed by atoms with Crippen LogP contribution in [0, 0.1) is 10.1 Å². The summed E-state index contributed by atoms with van der Waals surface area (Å²) in [5.41, 5.74) is -1.11. The summed E-state index contributed by atoms with van der Waals surface area (Å²) in [4.78, 5) is 21.7. The number of nitrogens with zero attached hydrogens (tertiary/aromatic N) is 3. The molecule has 0 aliphatic heterocycles. The summed E-state index contributed by atoms with van der Waals surface area (Å²) in [6.07, 6.45) is 1.19. The Hall–Kier alpha value is -2.12. The van der Waals surface area contributed by atoms with Crippen molar-refractivity contribution in [3.05, 3.63) is 15.8 Å². The normalized spacial score (nSPS) is 11.4. The highest BCUT2D eigenvalue weighted by atomic mass is 16.6. The van der Waals surface area contributed by atoms with Gasteiger partial charge in [0.15, 0.2) is 0 Å². The van der Waals surface area contributed by atoms with Gasteiger partial charge < -0.3 is 10.4 Å². The van der Waals surface area contributed by atoms with Gasteiger partial charge in [-0.1, -0.05) is 13.3 Å². The van der Waals surface area contributed by atoms with E-state index in [0.29, 0.717) is 12.1 Å². The van der Waals surface area contributed by atoms with E-state index in [-0.39, 0.29) is 11.5 Å². The zero-order chi connectivity index (χ0) is 14.8. The third-order valence-electron chi connectivity index (χ3n) is 2.73. The first-order chi connectivity index (χ1) is 8.70. The third-order valence-corrected chi connectivity index (χ3v) is 2.73. The van der Waals surface area contributed by atoms with Crippen LogP contribution in [0.25, 0.3) is 0 Å². The van der Waals surface area contributed by atoms with Gasteiger partial charge in [-0.2, -0.15) is 5.10 Å². The second kappa shape index (κ2) is 5.25. The van der Waals surface area contributed by atoms with Crippen molar-refractivity contribution in [2.24, 2.45) is 7.05 Å². The van der Waals surface area contributed by atoms with E-state index >= 15 is 0 Å². The fourth-order valence-electron chi connectivity index (χ4n) is 1.65. The lowest BCUT2D eigenvalue weighted by atomic mass is 10.1. The number of nitro groups is 1. The molecule has 0 spiro atoms. The SMILES string of the molecule is CCCc1nn(C)c(NC(C)(C)C(=O)O)c1[N+](=O)[O-]. The Morgan fingerprint density at radius 3 is 2.58 bits per heavy atom. The number of nitrogens with one attached hydrogen (secondary N) is 1. The maximum absolute atomic E-state index is 11.2. The Morgan fingerprint density at radius 1 is 1.58 bits per heavy atom. The van der Waals surface area contributed by atoms with Gasteiger partial charge in [-0.25, -0.2) is 9.48 Å². The second-order valence-corrected chi connectivity index (χ2v) is 4.83. The summed E-state index contributed by atoms with van der Waals surface area (Å²) in [5, 5.41) is 27.0. The molecule has 0 fully saturated rings. The predicted octanol–water partition coefficient (Wildman–Crippen LogP) is 1.56. The van der Waals surface area contributed by atoms with Crippen molar-refractivity contribution in [3.8, 4) is 0 Å². The predicted molar refractivity (Wildman–Crippen MR) is 69.2 cm³/mol. The topological polar surface area (TPSA) is 110 Å². The van der Waals surface area contributed by atoms with E-state index in [1.54, 1.807) is 7.05 Å². The Morgan fingerprint density at radius 2 is 2.16 bits per heavy atom. The molecule has 0 saturated heterocycles. The van der Waals surface area contributed by atoms with Crippen molar-refractivity contribution in [2.45, 2.75) is 39.2 Å². The first-order valence-corrected chi connectivity index (χ1v) is 5.92. The molecule has 0 atom stereocenters. The number of hydrogen-bond donors (Lipinski definition) is 2. The molecule has 0 aromatic carbocycles. The molecule has 8 heteroatoms. The van der Waals surface area contributed by atoms with Crippen LogP contribution in [0.4, 0.5) is 11.5 Å². The molecule has 19 heavy (non-hydrogen) atoms. The minimum absolute atomic E-state index is 0.112. The summed E-state index contributed by atoms with van der Waals surface area (Å²) in [5.74, 6) is -0.985. The van der Waals surface area contributed by atoms with Gasteiger partial charge in [0.1, 0.15) is 11.2 Å². The first kappa shape index (κ1) is 14.9. The zero-order valence-electron chi connectivity index (χ0n) is 11.4. The molecule has 1 aromatic heterocycles. The number of carboxylic acid groups (broad SMARTS) is 1. The van der Waals surface area contributed by atoms with Crippen LogP contribution in [0.15, 0.2) is 0 Å². The lowest BCUT2D eigenvalue weighted by Gasteiger charge is -2.21. The Labute approximate surface area is 110 Å². The quantitative estimate of drug-likeness (QED) is 0.599. The van der Waals surface area contributed by atoms with Gasteiger partial charge in [-0.15, -0.1) is 0 Å². The lowest BCUT2D eigenvalue weighted by molar-refractivity contribution is -0.384. The van der Waals surface area contributed by atoms with E-state index in [1.807, 2.05) is 6.92 Å². The average molecular weight is 270 g/mol. The fourth-order valence-corrected chi connectivity index (χ4v) is 1.65. The van der Waals surface area contributed by atoms with E-state index < -0.39 is 16.4 Å². The summed E-state index contributed by atoms with van der Waals surface area (Å²) in [7, 11) is 1.55. The maximum Gasteiger partial charge on any atom is 0.334 e. The number of aliphatic carboxylic acids is 1. The molecule has 1 heterocycles. The standard InChI is InChI=1S/C11H18N4O4/c1-5-6-7-8(15(18)19)9(14(4)13-7)12-11(2,3)10(16)17/h12H,5-6H2,1-4H3,(H,16,17). The van der Waals surface area contributed by atoms with E-state index in [2.05, 4.69) is 10.4 Å².